The van der Waals surface area contributed by atoms with E-state index in [9.17, 15) is 18.0 Å². The van der Waals surface area contributed by atoms with Crippen molar-refractivity contribution in [2.45, 2.75) is 12.6 Å². The second-order valence-corrected chi connectivity index (χ2v) is 4.04. The van der Waals surface area contributed by atoms with Gasteiger partial charge in [0.25, 0.3) is 0 Å². The van der Waals surface area contributed by atoms with Crippen LogP contribution in [0.1, 0.15) is 6.42 Å². The van der Waals surface area contributed by atoms with Gasteiger partial charge in [0, 0.05) is 6.07 Å². The van der Waals surface area contributed by atoms with Crippen molar-refractivity contribution in [3.8, 4) is 0 Å². The molecule has 0 atom stereocenters. The molecule has 1 heterocycles. The number of hydrogen-bond donors (Lipinski definition) is 1. The predicted octanol–water partition coefficient (Wildman–Crippen LogP) is 2.69. The van der Waals surface area contributed by atoms with Gasteiger partial charge in [0.2, 0.25) is 11.2 Å². The van der Waals surface area contributed by atoms with Crippen LogP contribution in [0.3, 0.4) is 0 Å². The van der Waals surface area contributed by atoms with Crippen LogP contribution in [0.25, 0.3) is 0 Å². The molecule has 0 saturated heterocycles. The van der Waals surface area contributed by atoms with E-state index < -0.39 is 18.7 Å². The van der Waals surface area contributed by atoms with Crippen LogP contribution < -0.4 is 5.32 Å². The summed E-state index contributed by atoms with van der Waals surface area (Å²) in [7, 11) is 0. The van der Waals surface area contributed by atoms with Crippen LogP contribution in [0.2, 0.25) is 10.4 Å². The summed E-state index contributed by atoms with van der Waals surface area (Å²) in [5.41, 5.74) is 0. The number of amides is 1. The number of carbonyl (C=O) groups is 1. The molecule has 0 aliphatic rings. The summed E-state index contributed by atoms with van der Waals surface area (Å²) in [6.45, 7) is -1.76. The number of nitrogens with zero attached hydrogens (tertiary/aromatic N) is 2. The summed E-state index contributed by atoms with van der Waals surface area (Å²) in [6.07, 6.45) is -4.67. The molecule has 0 unspecified atom stereocenters. The van der Waals surface area contributed by atoms with Gasteiger partial charge in [0.15, 0.2) is 0 Å². The summed E-state index contributed by atoms with van der Waals surface area (Å²) in [6, 6.07) is 1.25. The van der Waals surface area contributed by atoms with E-state index in [-0.39, 0.29) is 29.3 Å². The maximum Gasteiger partial charge on any atom is 0.411 e. The Balaban J connectivity index is 2.35. The quantitative estimate of drug-likeness (QED) is 0.515. The number of anilines is 1. The van der Waals surface area contributed by atoms with E-state index in [0.29, 0.717) is 0 Å². The van der Waals surface area contributed by atoms with Crippen LogP contribution in [0.5, 0.6) is 0 Å². The second kappa shape index (κ2) is 6.88. The number of alkyl halides is 3. The first-order valence-electron chi connectivity index (χ1n) is 4.91. The van der Waals surface area contributed by atoms with Gasteiger partial charge in [-0.05, 0) is 11.6 Å². The van der Waals surface area contributed by atoms with Crippen LogP contribution in [0.4, 0.5) is 19.0 Å². The molecule has 1 aromatic heterocycles. The lowest BCUT2D eigenvalue weighted by Gasteiger charge is -2.08. The Kier molecular flexibility index (Phi) is 5.77. The number of halogens is 5. The van der Waals surface area contributed by atoms with E-state index in [4.69, 9.17) is 23.2 Å². The summed E-state index contributed by atoms with van der Waals surface area (Å²) in [5, 5.41) is 2.18. The van der Waals surface area contributed by atoms with Gasteiger partial charge in [-0.1, -0.05) is 11.6 Å². The fourth-order valence-electron chi connectivity index (χ4n) is 1.01. The molecule has 0 aliphatic heterocycles. The normalized spacial score (nSPS) is 11.4. The van der Waals surface area contributed by atoms with E-state index in [0.717, 1.165) is 0 Å². The first-order valence-corrected chi connectivity index (χ1v) is 5.66. The number of hydrogen-bond acceptors (Lipinski definition) is 4. The average molecular weight is 318 g/mol. The molecule has 10 heteroatoms. The highest BCUT2D eigenvalue weighted by atomic mass is 35.5. The molecule has 0 radical (unpaired) electrons. The third-order valence-corrected chi connectivity index (χ3v) is 2.04. The lowest BCUT2D eigenvalue weighted by Crippen LogP contribution is -2.20. The Bertz CT molecular complexity index is 437. The van der Waals surface area contributed by atoms with E-state index in [1.54, 1.807) is 0 Å². The van der Waals surface area contributed by atoms with Crippen molar-refractivity contribution in [2.75, 3.05) is 18.5 Å². The molecule has 5 nitrogen and oxygen atoms in total. The second-order valence-electron chi connectivity index (χ2n) is 3.31. The molecule has 0 saturated carbocycles. The van der Waals surface area contributed by atoms with Crippen molar-refractivity contribution < 1.29 is 22.7 Å². The lowest BCUT2D eigenvalue weighted by molar-refractivity contribution is -0.174. The summed E-state index contributed by atoms with van der Waals surface area (Å²) in [4.78, 5) is 18.6. The standard InChI is InChI=1S/C9H8Cl2F3N3O2/c10-5-3-6(17-8(11)15-5)16-7(18)1-2-19-4-9(12,13)14/h3H,1-2,4H2,(H,15,16,17,18). The monoisotopic (exact) mass is 317 g/mol. The largest absolute Gasteiger partial charge is 0.411 e. The Morgan fingerprint density at radius 3 is 2.63 bits per heavy atom. The van der Waals surface area contributed by atoms with E-state index in [1.807, 2.05) is 0 Å². The van der Waals surface area contributed by atoms with Crippen LogP contribution in [0, 0.1) is 0 Å². The highest BCUT2D eigenvalue weighted by Crippen LogP contribution is 2.15. The van der Waals surface area contributed by atoms with Crippen LogP contribution in [-0.2, 0) is 9.53 Å². The fraction of sp³-hybridized carbons (Fsp3) is 0.444. The van der Waals surface area contributed by atoms with Crippen LogP contribution in [-0.4, -0.2) is 35.3 Å². The van der Waals surface area contributed by atoms with E-state index in [1.165, 1.54) is 6.07 Å². The van der Waals surface area contributed by atoms with Gasteiger partial charge in [-0.2, -0.15) is 13.2 Å². The summed E-state index contributed by atoms with van der Waals surface area (Å²) >= 11 is 11.1. The van der Waals surface area contributed by atoms with Crippen LogP contribution in [0.15, 0.2) is 6.07 Å². The van der Waals surface area contributed by atoms with Crippen molar-refractivity contribution in [1.29, 1.82) is 0 Å². The fourth-order valence-corrected chi connectivity index (χ4v) is 1.42. The smallest absolute Gasteiger partial charge is 0.372 e. The van der Waals surface area contributed by atoms with Crippen molar-refractivity contribution in [3.63, 3.8) is 0 Å². The Morgan fingerprint density at radius 1 is 1.37 bits per heavy atom. The molecule has 1 aromatic rings. The summed E-state index contributed by atoms with van der Waals surface area (Å²) < 4.78 is 39.5. The molecule has 0 spiro atoms. The zero-order valence-electron chi connectivity index (χ0n) is 9.30. The van der Waals surface area contributed by atoms with E-state index in [2.05, 4.69) is 20.0 Å². The molecule has 1 rings (SSSR count). The van der Waals surface area contributed by atoms with Crippen molar-refractivity contribution in [3.05, 3.63) is 16.5 Å². The van der Waals surface area contributed by atoms with Crippen molar-refractivity contribution in [1.82, 2.24) is 9.97 Å². The Labute approximate surface area is 116 Å². The number of nitrogens with one attached hydrogen (secondary N) is 1. The molecular weight excluding hydrogens is 310 g/mol. The first kappa shape index (κ1) is 15.9. The molecule has 0 fully saturated rings. The molecule has 0 aromatic carbocycles. The van der Waals surface area contributed by atoms with Gasteiger partial charge in [0.1, 0.15) is 17.6 Å². The Hall–Kier alpha value is -1.12. The zero-order chi connectivity index (χ0) is 14.5. The molecule has 19 heavy (non-hydrogen) atoms. The number of aromatic nitrogens is 2. The van der Waals surface area contributed by atoms with Gasteiger partial charge >= 0.3 is 6.18 Å². The number of rotatable bonds is 5. The summed E-state index contributed by atoms with van der Waals surface area (Å²) in [5.74, 6) is -0.515. The van der Waals surface area contributed by atoms with E-state index >= 15 is 0 Å². The minimum atomic E-state index is -4.41. The SMILES string of the molecule is O=C(CCOCC(F)(F)F)Nc1cc(Cl)nc(Cl)n1. The molecule has 1 amide bonds. The average Bonchev–Trinajstić information content (AvgIpc) is 2.21. The van der Waals surface area contributed by atoms with Gasteiger partial charge in [-0.3, -0.25) is 4.79 Å². The third kappa shape index (κ3) is 7.14. The molecular formula is C9H8Cl2F3N3O2. The topological polar surface area (TPSA) is 64.1 Å². The minimum absolute atomic E-state index is 0.0311. The Morgan fingerprint density at radius 2 is 2.05 bits per heavy atom. The highest BCUT2D eigenvalue weighted by Gasteiger charge is 2.27. The number of ether oxygens (including phenoxy) is 1. The van der Waals surface area contributed by atoms with Gasteiger partial charge in [-0.25, -0.2) is 9.97 Å². The van der Waals surface area contributed by atoms with Crippen molar-refractivity contribution in [2.24, 2.45) is 0 Å². The predicted molar refractivity (Wildman–Crippen MR) is 62.2 cm³/mol. The molecule has 106 valence electrons. The van der Waals surface area contributed by atoms with Gasteiger partial charge in [0.05, 0.1) is 13.0 Å². The molecule has 0 aliphatic carbocycles. The third-order valence-electron chi connectivity index (χ3n) is 1.67. The van der Waals surface area contributed by atoms with Gasteiger partial charge in [-0.15, -0.1) is 0 Å². The molecule has 0 bridgehead atoms. The van der Waals surface area contributed by atoms with Gasteiger partial charge < -0.3 is 10.1 Å². The minimum Gasteiger partial charge on any atom is -0.372 e. The zero-order valence-corrected chi connectivity index (χ0v) is 10.8. The van der Waals surface area contributed by atoms with Crippen molar-refractivity contribution >= 4 is 34.9 Å². The molecule has 1 N–H and O–H groups in total. The maximum absolute atomic E-state index is 11.7. The number of carbonyl (C=O) groups excluding carboxylic acids is 1. The first-order chi connectivity index (χ1) is 8.76. The lowest BCUT2D eigenvalue weighted by atomic mass is 10.4. The highest BCUT2D eigenvalue weighted by molar-refractivity contribution is 6.32. The van der Waals surface area contributed by atoms with Crippen LogP contribution >= 0.6 is 23.2 Å². The maximum atomic E-state index is 11.7.